The van der Waals surface area contributed by atoms with Gasteiger partial charge in [0.2, 0.25) is 5.91 Å². The Labute approximate surface area is 187 Å². The Hall–Kier alpha value is -3.17. The molecular formula is C21H19ClN4O4S. The summed E-state index contributed by atoms with van der Waals surface area (Å²) in [4.78, 5) is 31.4. The van der Waals surface area contributed by atoms with Gasteiger partial charge in [-0.2, -0.15) is 0 Å². The third kappa shape index (κ3) is 4.47. The zero-order chi connectivity index (χ0) is 22.0. The fourth-order valence-corrected chi connectivity index (χ4v) is 4.61. The molecule has 2 aromatic carbocycles. The maximum Gasteiger partial charge on any atom is 0.269 e. The number of aromatic nitrogens is 1. The number of nitro benzene ring substituents is 1. The molecule has 2 heterocycles. The van der Waals surface area contributed by atoms with Gasteiger partial charge in [-0.1, -0.05) is 22.9 Å². The van der Waals surface area contributed by atoms with Crippen LogP contribution in [-0.2, 0) is 4.79 Å². The van der Waals surface area contributed by atoms with Crippen LogP contribution in [0.5, 0.6) is 5.75 Å². The Morgan fingerprint density at radius 2 is 1.90 bits per heavy atom. The van der Waals surface area contributed by atoms with Crippen LogP contribution >= 0.6 is 22.9 Å². The van der Waals surface area contributed by atoms with Crippen LogP contribution in [0.15, 0.2) is 42.5 Å². The highest BCUT2D eigenvalue weighted by Gasteiger charge is 2.23. The fraction of sp³-hybridized carbons (Fsp3) is 0.238. The van der Waals surface area contributed by atoms with Crippen molar-refractivity contribution >= 4 is 56.0 Å². The lowest BCUT2D eigenvalue weighted by Crippen LogP contribution is -2.48. The number of fused-ring (bicyclic) bond motifs is 1. The summed E-state index contributed by atoms with van der Waals surface area (Å²) in [6.07, 6.45) is 3.17. The summed E-state index contributed by atoms with van der Waals surface area (Å²) in [5.41, 5.74) is 1.51. The third-order valence-electron chi connectivity index (χ3n) is 5.04. The average molecular weight is 459 g/mol. The highest BCUT2D eigenvalue weighted by molar-refractivity contribution is 7.22. The van der Waals surface area contributed by atoms with E-state index in [4.69, 9.17) is 21.3 Å². The minimum Gasteiger partial charge on any atom is -0.493 e. The first-order chi connectivity index (χ1) is 15.0. The summed E-state index contributed by atoms with van der Waals surface area (Å²) in [6, 6.07) is 9.82. The molecule has 0 radical (unpaired) electrons. The average Bonchev–Trinajstić information content (AvgIpc) is 3.22. The molecule has 1 saturated heterocycles. The molecule has 0 spiro atoms. The van der Waals surface area contributed by atoms with Crippen molar-refractivity contribution in [2.45, 2.75) is 0 Å². The zero-order valence-corrected chi connectivity index (χ0v) is 18.2. The standard InChI is InChI=1S/C21H19ClN4O4S/c1-30-20-16(22)7-8-17-19(20)23-21(31-17)25-12-10-24(11-13-25)18(27)9-4-14-2-5-15(6-3-14)26(28)29/h2-9H,10-13H2,1H3/b9-4-. The van der Waals surface area contributed by atoms with Crippen LogP contribution in [0.2, 0.25) is 5.02 Å². The summed E-state index contributed by atoms with van der Waals surface area (Å²) in [5, 5.41) is 12.1. The quantitative estimate of drug-likeness (QED) is 0.323. The normalized spacial score (nSPS) is 14.4. The number of amides is 1. The molecule has 10 heteroatoms. The van der Waals surface area contributed by atoms with Gasteiger partial charge in [0, 0.05) is 44.4 Å². The molecule has 1 aliphatic rings. The van der Waals surface area contributed by atoms with Gasteiger partial charge in [0.1, 0.15) is 5.52 Å². The number of carbonyl (C=O) groups excluding carboxylic acids is 1. The molecule has 0 aliphatic carbocycles. The Morgan fingerprint density at radius 1 is 1.19 bits per heavy atom. The summed E-state index contributed by atoms with van der Waals surface area (Å²) < 4.78 is 6.39. The Balaban J connectivity index is 1.38. The molecule has 0 bridgehead atoms. The van der Waals surface area contributed by atoms with E-state index in [0.29, 0.717) is 37.0 Å². The molecule has 0 N–H and O–H groups in total. The second kappa shape index (κ2) is 8.91. The van der Waals surface area contributed by atoms with Crippen molar-refractivity contribution in [2.75, 3.05) is 38.2 Å². The van der Waals surface area contributed by atoms with Crippen LogP contribution in [0, 0.1) is 10.1 Å². The van der Waals surface area contributed by atoms with E-state index < -0.39 is 4.92 Å². The van der Waals surface area contributed by atoms with Crippen LogP contribution in [0.1, 0.15) is 5.56 Å². The Morgan fingerprint density at radius 3 is 2.55 bits per heavy atom. The van der Waals surface area contributed by atoms with Crippen molar-refractivity contribution in [3.8, 4) is 5.75 Å². The van der Waals surface area contributed by atoms with E-state index in [0.717, 1.165) is 20.9 Å². The number of ether oxygens (including phenoxy) is 1. The minimum atomic E-state index is -0.450. The van der Waals surface area contributed by atoms with Crippen LogP contribution in [0.4, 0.5) is 10.8 Å². The predicted molar refractivity (Wildman–Crippen MR) is 122 cm³/mol. The number of anilines is 1. The van der Waals surface area contributed by atoms with E-state index in [1.807, 2.05) is 6.07 Å². The second-order valence-electron chi connectivity index (χ2n) is 6.92. The monoisotopic (exact) mass is 458 g/mol. The highest BCUT2D eigenvalue weighted by Crippen LogP contribution is 2.38. The van der Waals surface area contributed by atoms with Crippen LogP contribution in [0.3, 0.4) is 0 Å². The minimum absolute atomic E-state index is 0.0225. The van der Waals surface area contributed by atoms with Gasteiger partial charge in [-0.05, 0) is 35.9 Å². The van der Waals surface area contributed by atoms with E-state index in [9.17, 15) is 14.9 Å². The summed E-state index contributed by atoms with van der Waals surface area (Å²) in [6.45, 7) is 2.51. The zero-order valence-electron chi connectivity index (χ0n) is 16.7. The summed E-state index contributed by atoms with van der Waals surface area (Å²) in [5.74, 6) is 0.489. The Kier molecular flexibility index (Phi) is 6.06. The molecule has 1 amide bonds. The lowest BCUT2D eigenvalue weighted by Gasteiger charge is -2.34. The van der Waals surface area contributed by atoms with Crippen molar-refractivity contribution in [3.63, 3.8) is 0 Å². The van der Waals surface area contributed by atoms with E-state index >= 15 is 0 Å². The molecule has 4 rings (SSSR count). The first-order valence-electron chi connectivity index (χ1n) is 9.55. The largest absolute Gasteiger partial charge is 0.493 e. The number of halogens is 1. The maximum atomic E-state index is 12.5. The third-order valence-corrected chi connectivity index (χ3v) is 6.42. The first kappa shape index (κ1) is 21.1. The fourth-order valence-electron chi connectivity index (χ4n) is 3.36. The lowest BCUT2D eigenvalue weighted by molar-refractivity contribution is -0.384. The number of benzene rings is 2. The number of thiazole rings is 1. The van der Waals surface area contributed by atoms with Crippen molar-refractivity contribution < 1.29 is 14.5 Å². The molecule has 3 aromatic rings. The molecule has 0 saturated carbocycles. The maximum absolute atomic E-state index is 12.5. The van der Waals surface area contributed by atoms with Gasteiger partial charge < -0.3 is 14.5 Å². The second-order valence-corrected chi connectivity index (χ2v) is 8.33. The van der Waals surface area contributed by atoms with E-state index in [-0.39, 0.29) is 11.6 Å². The number of non-ortho nitro benzene ring substituents is 1. The molecule has 1 aromatic heterocycles. The highest BCUT2D eigenvalue weighted by atomic mass is 35.5. The first-order valence-corrected chi connectivity index (χ1v) is 10.7. The molecule has 160 valence electrons. The van der Waals surface area contributed by atoms with Gasteiger partial charge in [-0.15, -0.1) is 0 Å². The number of piperazine rings is 1. The van der Waals surface area contributed by atoms with Crippen LogP contribution in [0.25, 0.3) is 16.3 Å². The molecule has 1 fully saturated rings. The van der Waals surface area contributed by atoms with Gasteiger partial charge in [0.05, 0.1) is 21.8 Å². The molecule has 31 heavy (non-hydrogen) atoms. The molecule has 0 atom stereocenters. The van der Waals surface area contributed by atoms with Crippen molar-refractivity contribution in [2.24, 2.45) is 0 Å². The molecule has 8 nitrogen and oxygen atoms in total. The number of hydrogen-bond acceptors (Lipinski definition) is 7. The number of rotatable bonds is 5. The molecule has 0 unspecified atom stereocenters. The van der Waals surface area contributed by atoms with Crippen LogP contribution < -0.4 is 9.64 Å². The van der Waals surface area contributed by atoms with Gasteiger partial charge in [0.25, 0.3) is 5.69 Å². The van der Waals surface area contributed by atoms with Gasteiger partial charge in [0.15, 0.2) is 10.9 Å². The molecular weight excluding hydrogens is 440 g/mol. The number of nitrogens with zero attached hydrogens (tertiary/aromatic N) is 4. The SMILES string of the molecule is COc1c(Cl)ccc2sc(N3CCN(C(=O)/C=C\c4ccc([N+](=O)[O-])cc4)CC3)nc12. The van der Waals surface area contributed by atoms with Crippen LogP contribution in [-0.4, -0.2) is 54.0 Å². The number of nitro groups is 1. The number of carbonyl (C=O) groups is 1. The van der Waals surface area contributed by atoms with Crippen molar-refractivity contribution in [1.29, 1.82) is 0 Å². The smallest absolute Gasteiger partial charge is 0.269 e. The van der Waals surface area contributed by atoms with E-state index in [1.54, 1.807) is 47.6 Å². The van der Waals surface area contributed by atoms with Crippen molar-refractivity contribution in [3.05, 3.63) is 63.2 Å². The van der Waals surface area contributed by atoms with E-state index in [1.165, 1.54) is 18.2 Å². The summed E-state index contributed by atoms with van der Waals surface area (Å²) in [7, 11) is 1.58. The van der Waals surface area contributed by atoms with Gasteiger partial charge in [-0.3, -0.25) is 14.9 Å². The van der Waals surface area contributed by atoms with Crippen molar-refractivity contribution in [1.82, 2.24) is 9.88 Å². The Bertz CT molecular complexity index is 1150. The predicted octanol–water partition coefficient (Wildman–Crippen LogP) is 4.23. The van der Waals surface area contributed by atoms with Gasteiger partial charge in [-0.25, -0.2) is 4.98 Å². The molecule has 1 aliphatic heterocycles. The summed E-state index contributed by atoms with van der Waals surface area (Å²) >= 11 is 7.77. The number of hydrogen-bond donors (Lipinski definition) is 0. The lowest BCUT2D eigenvalue weighted by atomic mass is 10.2. The topological polar surface area (TPSA) is 88.8 Å². The number of methoxy groups -OCH3 is 1. The van der Waals surface area contributed by atoms with E-state index in [2.05, 4.69) is 4.90 Å². The van der Waals surface area contributed by atoms with Gasteiger partial charge >= 0.3 is 0 Å².